The van der Waals surface area contributed by atoms with Crippen LogP contribution in [0.25, 0.3) is 0 Å². The molecule has 0 saturated carbocycles. The van der Waals surface area contributed by atoms with Crippen LogP contribution in [-0.2, 0) is 10.2 Å². The fourth-order valence-electron chi connectivity index (χ4n) is 2.32. The minimum absolute atomic E-state index is 0.424. The van der Waals surface area contributed by atoms with Crippen molar-refractivity contribution in [1.29, 1.82) is 0 Å². The summed E-state index contributed by atoms with van der Waals surface area (Å²) in [4.78, 5) is 0. The smallest absolute Gasteiger partial charge is 0.301 e. The van der Waals surface area contributed by atoms with Gasteiger partial charge in [0.2, 0.25) is 0 Å². The molecule has 1 aromatic carbocycles. The first-order chi connectivity index (χ1) is 9.56. The van der Waals surface area contributed by atoms with Crippen LogP contribution in [0.5, 0.6) is 5.75 Å². The molecule has 0 radical (unpaired) electrons. The standard InChI is InChI=1S/C13H21N3O3S/c1-19-13-5-3-2-4-12(13)15-20(17,18)16-8-6-11(10-14)7-9-16/h2-5,11,15H,6-10,14H2,1H3. The highest BCUT2D eigenvalue weighted by Crippen LogP contribution is 2.26. The van der Waals surface area contributed by atoms with Crippen LogP contribution >= 0.6 is 0 Å². The number of piperidine rings is 1. The fourth-order valence-corrected chi connectivity index (χ4v) is 3.58. The molecule has 0 spiro atoms. The monoisotopic (exact) mass is 299 g/mol. The van der Waals surface area contributed by atoms with Crippen molar-refractivity contribution in [2.24, 2.45) is 11.7 Å². The number of anilines is 1. The zero-order valence-electron chi connectivity index (χ0n) is 11.6. The molecule has 3 N–H and O–H groups in total. The zero-order valence-corrected chi connectivity index (χ0v) is 12.4. The number of para-hydroxylation sites is 2. The van der Waals surface area contributed by atoms with E-state index >= 15 is 0 Å². The molecule has 0 aromatic heterocycles. The summed E-state index contributed by atoms with van der Waals surface area (Å²) in [5, 5.41) is 0. The van der Waals surface area contributed by atoms with Crippen LogP contribution < -0.4 is 15.2 Å². The number of hydrogen-bond donors (Lipinski definition) is 2. The molecule has 0 unspecified atom stereocenters. The molecule has 0 aliphatic carbocycles. The lowest BCUT2D eigenvalue weighted by Crippen LogP contribution is -2.42. The topological polar surface area (TPSA) is 84.7 Å². The lowest BCUT2D eigenvalue weighted by molar-refractivity contribution is 0.279. The molecular weight excluding hydrogens is 278 g/mol. The van der Waals surface area contributed by atoms with Crippen LogP contribution in [0.2, 0.25) is 0 Å². The fraction of sp³-hybridized carbons (Fsp3) is 0.538. The molecule has 1 fully saturated rings. The molecule has 0 amide bonds. The Morgan fingerprint density at radius 1 is 1.35 bits per heavy atom. The lowest BCUT2D eigenvalue weighted by Gasteiger charge is -2.30. The number of nitrogens with one attached hydrogen (secondary N) is 1. The molecule has 6 nitrogen and oxygen atoms in total. The van der Waals surface area contributed by atoms with Crippen molar-refractivity contribution in [2.45, 2.75) is 12.8 Å². The molecule has 1 aromatic rings. The average Bonchev–Trinajstić information content (AvgIpc) is 2.47. The van der Waals surface area contributed by atoms with Gasteiger partial charge in [-0.15, -0.1) is 0 Å². The Balaban J connectivity index is 2.08. The SMILES string of the molecule is COc1ccccc1NS(=O)(=O)N1CCC(CN)CC1. The summed E-state index contributed by atoms with van der Waals surface area (Å²) in [5.41, 5.74) is 6.07. The number of methoxy groups -OCH3 is 1. The molecule has 7 heteroatoms. The Morgan fingerprint density at radius 3 is 2.60 bits per heavy atom. The predicted octanol–water partition coefficient (Wildman–Crippen LogP) is 1.02. The van der Waals surface area contributed by atoms with Crippen molar-refractivity contribution in [3.8, 4) is 5.75 Å². The largest absolute Gasteiger partial charge is 0.495 e. The van der Waals surface area contributed by atoms with Crippen molar-refractivity contribution >= 4 is 15.9 Å². The van der Waals surface area contributed by atoms with Crippen LogP contribution in [-0.4, -0.2) is 39.5 Å². The predicted molar refractivity (Wildman–Crippen MR) is 78.9 cm³/mol. The van der Waals surface area contributed by atoms with Gasteiger partial charge in [-0.1, -0.05) is 12.1 Å². The number of hydrogen-bond acceptors (Lipinski definition) is 4. The highest BCUT2D eigenvalue weighted by molar-refractivity contribution is 7.90. The number of benzene rings is 1. The number of rotatable bonds is 5. The van der Waals surface area contributed by atoms with Crippen molar-refractivity contribution in [2.75, 3.05) is 31.5 Å². The molecule has 1 heterocycles. The van der Waals surface area contributed by atoms with Gasteiger partial charge in [-0.3, -0.25) is 4.72 Å². The summed E-state index contributed by atoms with van der Waals surface area (Å²) in [6.45, 7) is 1.63. The van der Waals surface area contributed by atoms with Gasteiger partial charge in [-0.25, -0.2) is 0 Å². The first-order valence-electron chi connectivity index (χ1n) is 6.68. The van der Waals surface area contributed by atoms with E-state index in [1.807, 2.05) is 0 Å². The van der Waals surface area contributed by atoms with Gasteiger partial charge in [0.25, 0.3) is 0 Å². The molecule has 1 aliphatic heterocycles. The Morgan fingerprint density at radius 2 is 2.00 bits per heavy atom. The van der Waals surface area contributed by atoms with Gasteiger partial charge in [0.15, 0.2) is 0 Å². The van der Waals surface area contributed by atoms with Gasteiger partial charge in [-0.05, 0) is 37.4 Å². The van der Waals surface area contributed by atoms with E-state index in [4.69, 9.17) is 10.5 Å². The Hall–Kier alpha value is -1.31. The van der Waals surface area contributed by atoms with E-state index in [2.05, 4.69) is 4.72 Å². The van der Waals surface area contributed by atoms with Gasteiger partial charge in [0, 0.05) is 13.1 Å². The first kappa shape index (κ1) is 15.1. The van der Waals surface area contributed by atoms with Gasteiger partial charge >= 0.3 is 10.2 Å². The van der Waals surface area contributed by atoms with Gasteiger partial charge in [0.1, 0.15) is 5.75 Å². The maximum absolute atomic E-state index is 12.3. The molecule has 1 saturated heterocycles. The van der Waals surface area contributed by atoms with Crippen LogP contribution in [0.1, 0.15) is 12.8 Å². The van der Waals surface area contributed by atoms with E-state index < -0.39 is 10.2 Å². The lowest BCUT2D eigenvalue weighted by atomic mass is 9.99. The summed E-state index contributed by atoms with van der Waals surface area (Å²) in [6.07, 6.45) is 1.62. The first-order valence-corrected chi connectivity index (χ1v) is 8.12. The minimum atomic E-state index is -3.54. The third-order valence-electron chi connectivity index (χ3n) is 3.59. The van der Waals surface area contributed by atoms with E-state index in [9.17, 15) is 8.42 Å². The van der Waals surface area contributed by atoms with Crippen molar-refractivity contribution < 1.29 is 13.2 Å². The van der Waals surface area contributed by atoms with Crippen LogP contribution in [0.3, 0.4) is 0 Å². The minimum Gasteiger partial charge on any atom is -0.495 e. The number of ether oxygens (including phenoxy) is 1. The van der Waals surface area contributed by atoms with E-state index in [0.717, 1.165) is 12.8 Å². The second-order valence-electron chi connectivity index (χ2n) is 4.89. The Bertz CT molecular complexity index is 540. The normalized spacial score (nSPS) is 17.9. The number of nitrogens with zero attached hydrogens (tertiary/aromatic N) is 1. The second kappa shape index (κ2) is 6.43. The summed E-state index contributed by atoms with van der Waals surface area (Å²) in [6, 6.07) is 6.96. The van der Waals surface area contributed by atoms with Crippen LogP contribution in [0, 0.1) is 5.92 Å². The van der Waals surface area contributed by atoms with Crippen molar-refractivity contribution in [3.63, 3.8) is 0 Å². The highest BCUT2D eigenvalue weighted by Gasteiger charge is 2.27. The van der Waals surface area contributed by atoms with Gasteiger partial charge in [-0.2, -0.15) is 12.7 Å². The van der Waals surface area contributed by atoms with E-state index in [1.165, 1.54) is 11.4 Å². The average molecular weight is 299 g/mol. The van der Waals surface area contributed by atoms with E-state index in [-0.39, 0.29) is 0 Å². The third kappa shape index (κ3) is 3.41. The van der Waals surface area contributed by atoms with E-state index in [1.54, 1.807) is 24.3 Å². The number of nitrogens with two attached hydrogens (primary N) is 1. The molecular formula is C13H21N3O3S. The summed E-state index contributed by atoms with van der Waals surface area (Å²) in [5.74, 6) is 0.931. The molecule has 0 bridgehead atoms. The maximum atomic E-state index is 12.3. The van der Waals surface area contributed by atoms with Gasteiger partial charge < -0.3 is 10.5 Å². The summed E-state index contributed by atoms with van der Waals surface area (Å²) in [7, 11) is -2.02. The highest BCUT2D eigenvalue weighted by atomic mass is 32.2. The third-order valence-corrected chi connectivity index (χ3v) is 5.12. The molecule has 20 heavy (non-hydrogen) atoms. The zero-order chi connectivity index (χ0) is 14.6. The summed E-state index contributed by atoms with van der Waals surface area (Å²) < 4.78 is 33.9. The van der Waals surface area contributed by atoms with Crippen LogP contribution in [0.4, 0.5) is 5.69 Å². The van der Waals surface area contributed by atoms with E-state index in [0.29, 0.717) is 37.0 Å². The van der Waals surface area contributed by atoms with Crippen molar-refractivity contribution in [1.82, 2.24) is 4.31 Å². The van der Waals surface area contributed by atoms with Crippen molar-refractivity contribution in [3.05, 3.63) is 24.3 Å². The van der Waals surface area contributed by atoms with Crippen LogP contribution in [0.15, 0.2) is 24.3 Å². The molecule has 0 atom stereocenters. The second-order valence-corrected chi connectivity index (χ2v) is 6.56. The summed E-state index contributed by atoms with van der Waals surface area (Å²) >= 11 is 0. The Kier molecular flexibility index (Phi) is 4.85. The molecule has 112 valence electrons. The quantitative estimate of drug-likeness (QED) is 0.850. The Labute approximate surface area is 120 Å². The molecule has 1 aliphatic rings. The van der Waals surface area contributed by atoms with Gasteiger partial charge in [0.05, 0.1) is 12.8 Å². The molecule has 2 rings (SSSR count). The maximum Gasteiger partial charge on any atom is 0.301 e.